The first-order valence-corrected chi connectivity index (χ1v) is 8.56. The van der Waals surface area contributed by atoms with Gasteiger partial charge in [0.05, 0.1) is 18.9 Å². The van der Waals surface area contributed by atoms with E-state index in [1.165, 1.54) is 7.11 Å². The summed E-state index contributed by atoms with van der Waals surface area (Å²) in [5.74, 6) is -1.26. The molecule has 0 bridgehead atoms. The van der Waals surface area contributed by atoms with Gasteiger partial charge in [-0.05, 0) is 31.3 Å². The molecule has 0 aromatic carbocycles. The second-order valence-corrected chi connectivity index (χ2v) is 6.64. The molecule has 5 nitrogen and oxygen atoms in total. The molecule has 21 heavy (non-hydrogen) atoms. The Morgan fingerprint density at radius 2 is 2.14 bits per heavy atom. The number of nitrogens with zero attached hydrogens (tertiary/aromatic N) is 1. The van der Waals surface area contributed by atoms with Crippen LogP contribution in [0.5, 0.6) is 0 Å². The lowest BCUT2D eigenvalue weighted by Crippen LogP contribution is -2.46. The van der Waals surface area contributed by atoms with E-state index in [9.17, 15) is 14.4 Å². The van der Waals surface area contributed by atoms with Gasteiger partial charge in [0, 0.05) is 5.03 Å². The smallest absolute Gasteiger partial charge is 0.329 e. The van der Waals surface area contributed by atoms with Crippen molar-refractivity contribution in [1.82, 2.24) is 4.90 Å². The van der Waals surface area contributed by atoms with Crippen LogP contribution in [-0.2, 0) is 19.1 Å². The summed E-state index contributed by atoms with van der Waals surface area (Å²) >= 11 is 7.54. The second kappa shape index (κ2) is 6.83. The molecule has 0 aromatic rings. The molecule has 1 aliphatic carbocycles. The Morgan fingerprint density at radius 1 is 1.48 bits per heavy atom. The van der Waals surface area contributed by atoms with E-state index in [0.29, 0.717) is 30.0 Å². The Hall–Kier alpha value is -1.01. The zero-order valence-corrected chi connectivity index (χ0v) is 13.6. The maximum Gasteiger partial charge on any atom is 0.329 e. The topological polar surface area (TPSA) is 63.7 Å². The van der Waals surface area contributed by atoms with Crippen molar-refractivity contribution in [3.05, 3.63) is 11.1 Å². The first kappa shape index (κ1) is 16.4. The monoisotopic (exact) mass is 331 g/mol. The van der Waals surface area contributed by atoms with Crippen LogP contribution in [0, 0.1) is 11.8 Å². The maximum absolute atomic E-state index is 12.5. The number of hydrogen-bond donors (Lipinski definition) is 0. The summed E-state index contributed by atoms with van der Waals surface area (Å²) in [7, 11) is 1.27. The number of carbonyl (C=O) groups excluding carboxylic acids is 3. The van der Waals surface area contributed by atoms with Gasteiger partial charge in [-0.2, -0.15) is 11.8 Å². The number of likely N-dealkylation sites (tertiary alicyclic amines) is 1. The Morgan fingerprint density at radius 3 is 2.76 bits per heavy atom. The number of fused-ring (bicyclic) bond motifs is 1. The van der Waals surface area contributed by atoms with Gasteiger partial charge in [-0.15, -0.1) is 0 Å². The summed E-state index contributed by atoms with van der Waals surface area (Å²) in [5.41, 5.74) is 0. The zero-order valence-electron chi connectivity index (χ0n) is 12.0. The van der Waals surface area contributed by atoms with Crippen molar-refractivity contribution in [3.63, 3.8) is 0 Å². The van der Waals surface area contributed by atoms with Gasteiger partial charge in [-0.1, -0.05) is 17.7 Å². The summed E-state index contributed by atoms with van der Waals surface area (Å²) in [4.78, 5) is 38.1. The van der Waals surface area contributed by atoms with Crippen molar-refractivity contribution in [3.8, 4) is 0 Å². The Kier molecular flexibility index (Phi) is 5.32. The summed E-state index contributed by atoms with van der Waals surface area (Å²) in [6.07, 6.45) is 4.94. The molecule has 1 saturated heterocycles. The van der Waals surface area contributed by atoms with Crippen LogP contribution in [0.1, 0.15) is 19.3 Å². The summed E-state index contributed by atoms with van der Waals surface area (Å²) < 4.78 is 4.76. The highest BCUT2D eigenvalue weighted by Crippen LogP contribution is 2.40. The van der Waals surface area contributed by atoms with Crippen LogP contribution in [0.25, 0.3) is 0 Å². The minimum atomic E-state index is -0.827. The molecule has 0 saturated carbocycles. The maximum atomic E-state index is 12.5. The fourth-order valence-electron chi connectivity index (χ4n) is 2.88. The third-order valence-electron chi connectivity index (χ3n) is 3.98. The number of ether oxygens (including phenoxy) is 1. The third kappa shape index (κ3) is 3.11. The molecule has 0 unspecified atom stereocenters. The highest BCUT2D eigenvalue weighted by molar-refractivity contribution is 7.98. The number of thioether (sulfide) groups is 1. The molecule has 2 amide bonds. The van der Waals surface area contributed by atoms with Gasteiger partial charge in [0.2, 0.25) is 11.8 Å². The number of methoxy groups -OCH3 is 1. The second-order valence-electron chi connectivity index (χ2n) is 5.17. The molecule has 0 radical (unpaired) electrons. The molecule has 2 rings (SSSR count). The van der Waals surface area contributed by atoms with Crippen molar-refractivity contribution in [2.45, 2.75) is 25.3 Å². The SMILES string of the molecule is COC(=O)[C@@H](CCSC)N1C(=O)[C@H]2CC(Cl)=CC[C@H]2C1=O. The Bertz CT molecular complexity index is 493. The lowest BCUT2D eigenvalue weighted by atomic mass is 9.85. The van der Waals surface area contributed by atoms with Gasteiger partial charge in [0.25, 0.3) is 0 Å². The number of carbonyl (C=O) groups is 3. The molecule has 0 spiro atoms. The number of hydrogen-bond acceptors (Lipinski definition) is 5. The quantitative estimate of drug-likeness (QED) is 0.568. The Balaban J connectivity index is 2.23. The van der Waals surface area contributed by atoms with E-state index in [2.05, 4.69) is 0 Å². The summed E-state index contributed by atoms with van der Waals surface area (Å²) in [5, 5.41) is 0.609. The van der Waals surface area contributed by atoms with E-state index < -0.39 is 17.9 Å². The van der Waals surface area contributed by atoms with E-state index in [1.54, 1.807) is 17.8 Å². The lowest BCUT2D eigenvalue weighted by Gasteiger charge is -2.24. The van der Waals surface area contributed by atoms with E-state index in [0.717, 1.165) is 4.90 Å². The predicted octanol–water partition coefficient (Wildman–Crippen LogP) is 1.80. The van der Waals surface area contributed by atoms with Crippen molar-refractivity contribution in [1.29, 1.82) is 0 Å². The van der Waals surface area contributed by atoms with Crippen LogP contribution in [0.4, 0.5) is 0 Å². The summed E-state index contributed by atoms with van der Waals surface area (Å²) in [6.45, 7) is 0. The number of halogens is 1. The molecule has 1 heterocycles. The molecular weight excluding hydrogens is 314 g/mol. The number of rotatable bonds is 5. The molecule has 0 N–H and O–H groups in total. The number of imide groups is 1. The molecule has 0 aromatic heterocycles. The minimum absolute atomic E-state index is 0.276. The van der Waals surface area contributed by atoms with Crippen molar-refractivity contribution in [2.24, 2.45) is 11.8 Å². The standard InChI is InChI=1S/C14H18ClNO4S/c1-20-14(19)11(5-6-21-2)16-12(17)9-4-3-8(15)7-10(9)13(16)18/h3,9-11H,4-7H2,1-2H3/t9-,10+,11-/m1/s1. The van der Waals surface area contributed by atoms with Crippen LogP contribution in [0.2, 0.25) is 0 Å². The van der Waals surface area contributed by atoms with Crippen molar-refractivity contribution < 1.29 is 19.1 Å². The molecule has 2 aliphatic rings. The molecular formula is C14H18ClNO4S. The highest BCUT2D eigenvalue weighted by atomic mass is 35.5. The summed E-state index contributed by atoms with van der Waals surface area (Å²) in [6, 6.07) is -0.827. The fourth-order valence-corrected chi connectivity index (χ4v) is 3.59. The largest absolute Gasteiger partial charge is 0.467 e. The first-order chi connectivity index (χ1) is 10.0. The van der Waals surface area contributed by atoms with Crippen LogP contribution < -0.4 is 0 Å². The fraction of sp³-hybridized carbons (Fsp3) is 0.643. The molecule has 116 valence electrons. The number of amides is 2. The van der Waals surface area contributed by atoms with Gasteiger partial charge in [0.1, 0.15) is 6.04 Å². The van der Waals surface area contributed by atoms with E-state index in [-0.39, 0.29) is 17.7 Å². The van der Waals surface area contributed by atoms with E-state index >= 15 is 0 Å². The predicted molar refractivity (Wildman–Crippen MR) is 80.8 cm³/mol. The highest BCUT2D eigenvalue weighted by Gasteiger charge is 2.52. The van der Waals surface area contributed by atoms with E-state index in [1.807, 2.05) is 6.26 Å². The molecule has 7 heteroatoms. The van der Waals surface area contributed by atoms with Gasteiger partial charge < -0.3 is 4.74 Å². The van der Waals surface area contributed by atoms with Gasteiger partial charge in [-0.25, -0.2) is 4.79 Å². The normalized spacial score (nSPS) is 26.4. The van der Waals surface area contributed by atoms with Crippen LogP contribution in [-0.4, -0.2) is 47.8 Å². The molecule has 3 atom stereocenters. The average Bonchev–Trinajstić information content (AvgIpc) is 2.71. The van der Waals surface area contributed by atoms with Crippen molar-refractivity contribution in [2.75, 3.05) is 19.1 Å². The van der Waals surface area contributed by atoms with Gasteiger partial charge in [0.15, 0.2) is 0 Å². The third-order valence-corrected chi connectivity index (χ3v) is 4.94. The van der Waals surface area contributed by atoms with Crippen LogP contribution >= 0.6 is 23.4 Å². The van der Waals surface area contributed by atoms with Gasteiger partial charge in [-0.3, -0.25) is 14.5 Å². The Labute approximate surface area is 133 Å². The molecule has 1 aliphatic heterocycles. The molecule has 1 fully saturated rings. The van der Waals surface area contributed by atoms with Gasteiger partial charge >= 0.3 is 5.97 Å². The zero-order chi connectivity index (χ0) is 15.6. The minimum Gasteiger partial charge on any atom is -0.467 e. The van der Waals surface area contributed by atoms with E-state index in [4.69, 9.17) is 16.3 Å². The number of esters is 1. The number of allylic oxidation sites excluding steroid dienone is 2. The first-order valence-electron chi connectivity index (χ1n) is 6.79. The average molecular weight is 332 g/mol. The van der Waals surface area contributed by atoms with Crippen molar-refractivity contribution >= 4 is 41.1 Å². The lowest BCUT2D eigenvalue weighted by molar-refractivity contribution is -0.157. The van der Waals surface area contributed by atoms with Crippen LogP contribution in [0.3, 0.4) is 0 Å². The van der Waals surface area contributed by atoms with Crippen LogP contribution in [0.15, 0.2) is 11.1 Å².